The van der Waals surface area contributed by atoms with Crippen molar-refractivity contribution in [3.63, 3.8) is 0 Å². The summed E-state index contributed by atoms with van der Waals surface area (Å²) in [5, 5.41) is 2.41. The molecule has 1 aromatic rings. The van der Waals surface area contributed by atoms with E-state index in [1.165, 1.54) is 25.5 Å². The third kappa shape index (κ3) is 2.44. The Bertz CT molecular complexity index is 365. The van der Waals surface area contributed by atoms with Gasteiger partial charge >= 0.3 is 6.09 Å². The van der Waals surface area contributed by atoms with Crippen LogP contribution in [0.1, 0.15) is 10.4 Å². The van der Waals surface area contributed by atoms with E-state index in [0.29, 0.717) is 5.56 Å². The number of rotatable bonds is 2. The number of aromatic nitrogens is 1. The van der Waals surface area contributed by atoms with Gasteiger partial charge < -0.3 is 15.8 Å². The number of carbonyl (C=O) groups excluding carboxylic acids is 2. The van der Waals surface area contributed by atoms with Crippen molar-refractivity contribution >= 4 is 12.0 Å². The number of pyridine rings is 1. The van der Waals surface area contributed by atoms with Crippen LogP contribution in [0.2, 0.25) is 0 Å². The van der Waals surface area contributed by atoms with Crippen molar-refractivity contribution in [2.45, 2.75) is 0 Å². The van der Waals surface area contributed by atoms with E-state index in [1.54, 1.807) is 0 Å². The van der Waals surface area contributed by atoms with Gasteiger partial charge in [-0.05, 0) is 6.07 Å². The first-order chi connectivity index (χ1) is 6.63. The zero-order valence-electron chi connectivity index (χ0n) is 7.48. The number of carbonyl (C=O) groups is 2. The molecule has 6 heteroatoms. The number of ether oxygens (including phenoxy) is 1. The van der Waals surface area contributed by atoms with Gasteiger partial charge in [0.2, 0.25) is 0 Å². The minimum Gasteiger partial charge on any atom is -0.409 e. The fourth-order valence-corrected chi connectivity index (χ4v) is 0.859. The van der Waals surface area contributed by atoms with E-state index in [4.69, 9.17) is 5.73 Å². The molecule has 3 N–H and O–H groups in total. The molecule has 1 rings (SSSR count). The maximum Gasteiger partial charge on any atom is 0.410 e. The average molecular weight is 195 g/mol. The molecule has 0 spiro atoms. The molecule has 0 atom stereocenters. The van der Waals surface area contributed by atoms with Crippen molar-refractivity contribution in [2.75, 3.05) is 7.05 Å². The van der Waals surface area contributed by atoms with Gasteiger partial charge in [-0.1, -0.05) is 0 Å². The van der Waals surface area contributed by atoms with Gasteiger partial charge in [-0.2, -0.15) is 0 Å². The standard InChI is InChI=1S/C8H9N3O3/c1-10-7(12)5-2-6(4-11-3-5)14-8(9)13/h2-4H,1H3,(H2,9,13)(H,10,12). The van der Waals surface area contributed by atoms with Crippen LogP contribution in [0.5, 0.6) is 5.75 Å². The Morgan fingerprint density at radius 1 is 1.50 bits per heavy atom. The molecule has 0 bridgehead atoms. The zero-order valence-corrected chi connectivity index (χ0v) is 7.48. The Morgan fingerprint density at radius 2 is 2.21 bits per heavy atom. The first-order valence-corrected chi connectivity index (χ1v) is 3.78. The smallest absolute Gasteiger partial charge is 0.409 e. The highest BCUT2D eigenvalue weighted by molar-refractivity contribution is 5.94. The second-order valence-electron chi connectivity index (χ2n) is 2.41. The molecule has 0 radical (unpaired) electrons. The quantitative estimate of drug-likeness (QED) is 0.688. The predicted octanol–water partition coefficient (Wildman–Crippen LogP) is -0.101. The summed E-state index contributed by atoms with van der Waals surface area (Å²) in [7, 11) is 1.49. The summed E-state index contributed by atoms with van der Waals surface area (Å²) in [6.45, 7) is 0. The van der Waals surface area contributed by atoms with Crippen LogP contribution in [-0.2, 0) is 0 Å². The number of nitrogens with one attached hydrogen (secondary N) is 1. The van der Waals surface area contributed by atoms with E-state index < -0.39 is 6.09 Å². The molecular formula is C8H9N3O3. The molecule has 0 saturated heterocycles. The van der Waals surface area contributed by atoms with Crippen molar-refractivity contribution < 1.29 is 14.3 Å². The van der Waals surface area contributed by atoms with Crippen LogP contribution in [0.25, 0.3) is 0 Å². The highest BCUT2D eigenvalue weighted by Gasteiger charge is 2.06. The Labute approximate surface area is 80.1 Å². The molecule has 0 aromatic carbocycles. The lowest BCUT2D eigenvalue weighted by Crippen LogP contribution is -2.19. The Balaban J connectivity index is 2.89. The van der Waals surface area contributed by atoms with E-state index in [-0.39, 0.29) is 11.7 Å². The number of nitrogens with two attached hydrogens (primary N) is 1. The fourth-order valence-electron chi connectivity index (χ4n) is 0.859. The number of primary amides is 1. The topological polar surface area (TPSA) is 94.3 Å². The van der Waals surface area contributed by atoms with E-state index in [0.717, 1.165) is 0 Å². The molecule has 0 aliphatic rings. The van der Waals surface area contributed by atoms with Crippen molar-refractivity contribution in [3.8, 4) is 5.75 Å². The Kier molecular flexibility index (Phi) is 3.01. The molecule has 0 aliphatic heterocycles. The molecule has 74 valence electrons. The fraction of sp³-hybridized carbons (Fsp3) is 0.125. The van der Waals surface area contributed by atoms with Gasteiger partial charge in [0.1, 0.15) is 0 Å². The van der Waals surface area contributed by atoms with Gasteiger partial charge in [-0.15, -0.1) is 0 Å². The van der Waals surface area contributed by atoms with E-state index in [9.17, 15) is 9.59 Å². The first-order valence-electron chi connectivity index (χ1n) is 3.78. The average Bonchev–Trinajstić information content (AvgIpc) is 2.16. The van der Waals surface area contributed by atoms with Gasteiger partial charge in [0, 0.05) is 13.2 Å². The summed E-state index contributed by atoms with van der Waals surface area (Å²) in [4.78, 5) is 25.2. The molecule has 14 heavy (non-hydrogen) atoms. The normalized spacial score (nSPS) is 9.21. The summed E-state index contributed by atoms with van der Waals surface area (Å²) in [5.41, 5.74) is 5.09. The molecular weight excluding hydrogens is 186 g/mol. The number of amides is 2. The minimum atomic E-state index is -0.944. The summed E-state index contributed by atoms with van der Waals surface area (Å²) in [6.07, 6.45) is 1.70. The van der Waals surface area contributed by atoms with E-state index in [2.05, 4.69) is 15.0 Å². The monoisotopic (exact) mass is 195 g/mol. The van der Waals surface area contributed by atoms with Gasteiger partial charge in [0.15, 0.2) is 5.75 Å². The molecule has 0 fully saturated rings. The second kappa shape index (κ2) is 4.22. The van der Waals surface area contributed by atoms with Crippen LogP contribution in [0, 0.1) is 0 Å². The lowest BCUT2D eigenvalue weighted by molar-refractivity contribution is 0.0962. The molecule has 0 unspecified atom stereocenters. The lowest BCUT2D eigenvalue weighted by Gasteiger charge is -2.02. The minimum absolute atomic E-state index is 0.138. The van der Waals surface area contributed by atoms with Crippen LogP contribution >= 0.6 is 0 Å². The summed E-state index contributed by atoms with van der Waals surface area (Å²) in [6, 6.07) is 1.37. The molecule has 0 aliphatic carbocycles. The van der Waals surface area contributed by atoms with Crippen LogP contribution in [0.15, 0.2) is 18.5 Å². The van der Waals surface area contributed by atoms with Crippen molar-refractivity contribution in [1.29, 1.82) is 0 Å². The number of hydrogen-bond donors (Lipinski definition) is 2. The molecule has 2 amide bonds. The zero-order chi connectivity index (χ0) is 10.6. The summed E-state index contributed by atoms with van der Waals surface area (Å²) < 4.78 is 4.55. The maximum atomic E-state index is 11.1. The van der Waals surface area contributed by atoms with Crippen molar-refractivity contribution in [2.24, 2.45) is 5.73 Å². The van der Waals surface area contributed by atoms with Crippen LogP contribution in [-0.4, -0.2) is 24.0 Å². The number of nitrogens with zero attached hydrogens (tertiary/aromatic N) is 1. The lowest BCUT2D eigenvalue weighted by atomic mass is 10.2. The highest BCUT2D eigenvalue weighted by Crippen LogP contribution is 2.10. The Morgan fingerprint density at radius 3 is 2.79 bits per heavy atom. The van der Waals surface area contributed by atoms with Crippen molar-refractivity contribution in [1.82, 2.24) is 10.3 Å². The first kappa shape index (κ1) is 9.97. The summed E-state index contributed by atoms with van der Waals surface area (Å²) >= 11 is 0. The van der Waals surface area contributed by atoms with Crippen LogP contribution in [0.3, 0.4) is 0 Å². The van der Waals surface area contributed by atoms with Crippen LogP contribution < -0.4 is 15.8 Å². The molecule has 1 heterocycles. The summed E-state index contributed by atoms with van der Waals surface area (Å²) in [5.74, 6) is -0.175. The van der Waals surface area contributed by atoms with Crippen molar-refractivity contribution in [3.05, 3.63) is 24.0 Å². The highest BCUT2D eigenvalue weighted by atomic mass is 16.5. The number of hydrogen-bond acceptors (Lipinski definition) is 4. The maximum absolute atomic E-state index is 11.1. The molecule has 0 saturated carbocycles. The SMILES string of the molecule is CNC(=O)c1cncc(OC(N)=O)c1. The second-order valence-corrected chi connectivity index (χ2v) is 2.41. The predicted molar refractivity (Wildman–Crippen MR) is 47.8 cm³/mol. The molecule has 6 nitrogen and oxygen atoms in total. The third-order valence-corrected chi connectivity index (χ3v) is 1.42. The third-order valence-electron chi connectivity index (χ3n) is 1.42. The van der Waals surface area contributed by atoms with Gasteiger partial charge in [-0.25, -0.2) is 4.79 Å². The van der Waals surface area contributed by atoms with Gasteiger partial charge in [0.25, 0.3) is 5.91 Å². The van der Waals surface area contributed by atoms with Gasteiger partial charge in [-0.3, -0.25) is 9.78 Å². The largest absolute Gasteiger partial charge is 0.410 e. The Hall–Kier alpha value is -2.11. The molecule has 1 aromatic heterocycles. The van der Waals surface area contributed by atoms with Gasteiger partial charge in [0.05, 0.1) is 11.8 Å². The van der Waals surface area contributed by atoms with Crippen LogP contribution in [0.4, 0.5) is 4.79 Å². The van der Waals surface area contributed by atoms with E-state index >= 15 is 0 Å². The van der Waals surface area contributed by atoms with E-state index in [1.807, 2.05) is 0 Å².